The van der Waals surface area contributed by atoms with Crippen LogP contribution in [0.4, 0.5) is 0 Å². The lowest BCUT2D eigenvalue weighted by molar-refractivity contribution is 0.174. The van der Waals surface area contributed by atoms with Crippen molar-refractivity contribution in [3.05, 3.63) is 42.0 Å². The number of aromatic nitrogens is 2. The van der Waals surface area contributed by atoms with Gasteiger partial charge in [-0.25, -0.2) is 4.98 Å². The van der Waals surface area contributed by atoms with Crippen molar-refractivity contribution in [2.45, 2.75) is 19.9 Å². The van der Waals surface area contributed by atoms with E-state index in [9.17, 15) is 0 Å². The van der Waals surface area contributed by atoms with Gasteiger partial charge in [-0.05, 0) is 12.5 Å². The Balaban J connectivity index is 1.96. The van der Waals surface area contributed by atoms with Crippen molar-refractivity contribution in [3.8, 4) is 29.0 Å². The molecule has 0 aliphatic carbocycles. The number of aryl methyl sites for hydroxylation is 2. The summed E-state index contributed by atoms with van der Waals surface area (Å²) >= 11 is 0. The molecule has 2 aromatic carbocycles. The highest BCUT2D eigenvalue weighted by Crippen LogP contribution is 2.38. The Morgan fingerprint density at radius 3 is 2.78 bits per heavy atom. The number of nitrogens with zero attached hydrogens (tertiary/aromatic N) is 3. The highest BCUT2D eigenvalue weighted by Gasteiger charge is 2.20. The van der Waals surface area contributed by atoms with Crippen LogP contribution in [0.15, 0.2) is 36.4 Å². The van der Waals surface area contributed by atoms with Crippen LogP contribution in [0.2, 0.25) is 0 Å². The van der Waals surface area contributed by atoms with Crippen LogP contribution in [0, 0.1) is 18.3 Å². The van der Waals surface area contributed by atoms with Crippen molar-refractivity contribution in [2.24, 2.45) is 0 Å². The van der Waals surface area contributed by atoms with Crippen LogP contribution in [0.25, 0.3) is 22.4 Å². The standard InChI is InChI=1S/C18H15N3O2/c1-12-5-2-3-6-13(12)18-20-14-9-16-17(23-11-22-16)10-15(14)21(18)8-4-7-19/h2-3,5-6,9-10H,4,8,11H2,1H3. The van der Waals surface area contributed by atoms with Crippen LogP contribution in [0.3, 0.4) is 0 Å². The molecule has 0 atom stereocenters. The van der Waals surface area contributed by atoms with Gasteiger partial charge >= 0.3 is 0 Å². The third-order valence-electron chi connectivity index (χ3n) is 4.08. The number of imidazole rings is 1. The summed E-state index contributed by atoms with van der Waals surface area (Å²) in [6.45, 7) is 2.90. The van der Waals surface area contributed by atoms with Crippen LogP contribution in [-0.2, 0) is 6.54 Å². The lowest BCUT2D eigenvalue weighted by Gasteiger charge is -2.09. The molecule has 0 bridgehead atoms. The minimum absolute atomic E-state index is 0.241. The topological polar surface area (TPSA) is 60.1 Å². The summed E-state index contributed by atoms with van der Waals surface area (Å²) in [5.41, 5.74) is 4.04. The van der Waals surface area contributed by atoms with E-state index in [4.69, 9.17) is 19.7 Å². The van der Waals surface area contributed by atoms with Gasteiger partial charge in [0.25, 0.3) is 0 Å². The first-order chi connectivity index (χ1) is 11.3. The first-order valence-corrected chi connectivity index (χ1v) is 7.51. The maximum atomic E-state index is 8.98. The van der Waals surface area contributed by atoms with Gasteiger partial charge in [-0.1, -0.05) is 24.3 Å². The van der Waals surface area contributed by atoms with Gasteiger partial charge in [0.2, 0.25) is 6.79 Å². The molecule has 0 saturated heterocycles. The fourth-order valence-electron chi connectivity index (χ4n) is 2.93. The quantitative estimate of drug-likeness (QED) is 0.741. The van der Waals surface area contributed by atoms with Crippen LogP contribution >= 0.6 is 0 Å². The molecule has 0 N–H and O–H groups in total. The van der Waals surface area contributed by atoms with Crippen molar-refractivity contribution in [1.29, 1.82) is 5.26 Å². The van der Waals surface area contributed by atoms with Crippen molar-refractivity contribution in [2.75, 3.05) is 6.79 Å². The third-order valence-corrected chi connectivity index (χ3v) is 4.08. The summed E-state index contributed by atoms with van der Waals surface area (Å²) in [5, 5.41) is 8.98. The van der Waals surface area contributed by atoms with Gasteiger partial charge in [-0.2, -0.15) is 5.26 Å². The summed E-state index contributed by atoms with van der Waals surface area (Å²) in [7, 11) is 0. The Hall–Kier alpha value is -3.00. The zero-order chi connectivity index (χ0) is 15.8. The normalized spacial score (nSPS) is 12.5. The molecule has 0 spiro atoms. The average molecular weight is 305 g/mol. The highest BCUT2D eigenvalue weighted by molar-refractivity contribution is 5.84. The van der Waals surface area contributed by atoms with Gasteiger partial charge in [-0.15, -0.1) is 0 Å². The SMILES string of the molecule is Cc1ccccc1-c1nc2cc3c(cc2n1CCC#N)OCO3. The molecule has 0 amide bonds. The van der Waals surface area contributed by atoms with Crippen molar-refractivity contribution < 1.29 is 9.47 Å². The Bertz CT molecular complexity index is 937. The van der Waals surface area contributed by atoms with Gasteiger partial charge in [0.1, 0.15) is 5.82 Å². The van der Waals surface area contributed by atoms with Gasteiger partial charge in [0, 0.05) is 24.2 Å². The summed E-state index contributed by atoms with van der Waals surface area (Å²) in [5.74, 6) is 2.32. The van der Waals surface area contributed by atoms with Gasteiger partial charge in [0.05, 0.1) is 23.5 Å². The Morgan fingerprint density at radius 1 is 1.22 bits per heavy atom. The summed E-state index contributed by atoms with van der Waals surface area (Å²) in [4.78, 5) is 4.79. The zero-order valence-electron chi connectivity index (χ0n) is 12.7. The molecule has 0 radical (unpaired) electrons. The van der Waals surface area contributed by atoms with Crippen LogP contribution in [0.1, 0.15) is 12.0 Å². The van der Waals surface area contributed by atoms with E-state index in [-0.39, 0.29) is 6.79 Å². The number of hydrogen-bond acceptors (Lipinski definition) is 4. The molecule has 23 heavy (non-hydrogen) atoms. The second-order valence-corrected chi connectivity index (χ2v) is 5.50. The monoisotopic (exact) mass is 305 g/mol. The average Bonchev–Trinajstić information content (AvgIpc) is 3.14. The first-order valence-electron chi connectivity index (χ1n) is 7.51. The molecule has 0 unspecified atom stereocenters. The molecule has 0 fully saturated rings. The Labute approximate surface area is 133 Å². The lowest BCUT2D eigenvalue weighted by atomic mass is 10.1. The predicted octanol–water partition coefficient (Wildman–Crippen LogP) is 3.65. The molecule has 1 aliphatic heterocycles. The van der Waals surface area contributed by atoms with Gasteiger partial charge < -0.3 is 14.0 Å². The van der Waals surface area contributed by atoms with E-state index in [2.05, 4.69) is 29.7 Å². The minimum atomic E-state index is 0.241. The number of nitriles is 1. The molecule has 5 heteroatoms. The molecule has 3 aromatic rings. The first kappa shape index (κ1) is 13.6. The van der Waals surface area contributed by atoms with Crippen molar-refractivity contribution in [1.82, 2.24) is 9.55 Å². The molecule has 2 heterocycles. The minimum Gasteiger partial charge on any atom is -0.454 e. The molecule has 5 nitrogen and oxygen atoms in total. The molecule has 1 aromatic heterocycles. The van der Waals surface area contributed by atoms with Crippen molar-refractivity contribution >= 4 is 11.0 Å². The maximum absolute atomic E-state index is 8.98. The third kappa shape index (κ3) is 2.20. The molecule has 1 aliphatic rings. The second-order valence-electron chi connectivity index (χ2n) is 5.50. The van der Waals surface area contributed by atoms with Crippen LogP contribution in [0.5, 0.6) is 11.5 Å². The number of rotatable bonds is 3. The van der Waals surface area contributed by atoms with Crippen LogP contribution in [-0.4, -0.2) is 16.3 Å². The molecular formula is C18H15N3O2. The Kier molecular flexibility index (Phi) is 3.16. The van der Waals surface area contributed by atoms with E-state index < -0.39 is 0 Å². The maximum Gasteiger partial charge on any atom is 0.231 e. The zero-order valence-corrected chi connectivity index (χ0v) is 12.7. The number of hydrogen-bond donors (Lipinski definition) is 0. The van der Waals surface area contributed by atoms with E-state index in [0.717, 1.165) is 39.5 Å². The summed E-state index contributed by atoms with van der Waals surface area (Å²) < 4.78 is 13.0. The van der Waals surface area contributed by atoms with E-state index in [1.165, 1.54) is 0 Å². The highest BCUT2D eigenvalue weighted by atomic mass is 16.7. The van der Waals surface area contributed by atoms with Gasteiger partial charge in [-0.3, -0.25) is 0 Å². The van der Waals surface area contributed by atoms with E-state index in [1.807, 2.05) is 24.3 Å². The molecule has 4 rings (SSSR count). The van der Waals surface area contributed by atoms with E-state index >= 15 is 0 Å². The van der Waals surface area contributed by atoms with E-state index in [0.29, 0.717) is 13.0 Å². The lowest BCUT2D eigenvalue weighted by Crippen LogP contribution is -2.01. The van der Waals surface area contributed by atoms with Crippen molar-refractivity contribution in [3.63, 3.8) is 0 Å². The molecular weight excluding hydrogens is 290 g/mol. The Morgan fingerprint density at radius 2 is 2.00 bits per heavy atom. The second kappa shape index (κ2) is 5.33. The summed E-state index contributed by atoms with van der Waals surface area (Å²) in [6.07, 6.45) is 0.429. The number of ether oxygens (including phenoxy) is 2. The van der Waals surface area contributed by atoms with Crippen LogP contribution < -0.4 is 9.47 Å². The fourth-order valence-corrected chi connectivity index (χ4v) is 2.93. The predicted molar refractivity (Wildman–Crippen MR) is 86.3 cm³/mol. The summed E-state index contributed by atoms with van der Waals surface area (Å²) in [6, 6.07) is 14.2. The smallest absolute Gasteiger partial charge is 0.231 e. The number of benzene rings is 2. The van der Waals surface area contributed by atoms with E-state index in [1.54, 1.807) is 0 Å². The molecule has 0 saturated carbocycles. The fraction of sp³-hybridized carbons (Fsp3) is 0.222. The van der Waals surface area contributed by atoms with Gasteiger partial charge in [0.15, 0.2) is 11.5 Å². The largest absolute Gasteiger partial charge is 0.454 e. The molecule has 114 valence electrons. The number of fused-ring (bicyclic) bond motifs is 2.